The van der Waals surface area contributed by atoms with Crippen molar-refractivity contribution in [3.8, 4) is 0 Å². The van der Waals surface area contributed by atoms with Gasteiger partial charge in [0.1, 0.15) is 0 Å². The summed E-state index contributed by atoms with van der Waals surface area (Å²) in [4.78, 5) is 15.6. The van der Waals surface area contributed by atoms with E-state index in [2.05, 4.69) is 4.72 Å². The Morgan fingerprint density at radius 3 is 2.37 bits per heavy atom. The molecule has 0 aliphatic carbocycles. The predicted molar refractivity (Wildman–Crippen MR) is 122 cm³/mol. The molecule has 156 valence electrons. The number of aryl methyl sites for hydroxylation is 2. The molecular weight excluding hydrogens is 416 g/mol. The molecule has 1 aromatic heterocycles. The molecule has 0 bridgehead atoms. The van der Waals surface area contributed by atoms with Crippen LogP contribution in [0.4, 0.5) is 11.4 Å². The maximum absolute atomic E-state index is 13.3. The molecule has 3 aromatic rings. The van der Waals surface area contributed by atoms with Crippen LogP contribution >= 0.6 is 11.3 Å². The second-order valence-corrected chi connectivity index (χ2v) is 10.3. The Bertz CT molecular complexity index is 1220. The molecule has 1 N–H and O–H groups in total. The number of sulfonamides is 1. The second kappa shape index (κ2) is 7.56. The first kappa shape index (κ1) is 20.6. The van der Waals surface area contributed by atoms with Crippen molar-refractivity contribution in [2.45, 2.75) is 39.0 Å². The van der Waals surface area contributed by atoms with Crippen LogP contribution in [0.5, 0.6) is 0 Å². The fraction of sp³-hybridized carbons (Fsp3) is 0.261. The summed E-state index contributed by atoms with van der Waals surface area (Å²) >= 11 is 1.41. The van der Waals surface area contributed by atoms with Gasteiger partial charge in [-0.25, -0.2) is 8.42 Å². The number of rotatable bonds is 4. The van der Waals surface area contributed by atoms with Crippen LogP contribution in [-0.2, 0) is 16.4 Å². The molecule has 30 heavy (non-hydrogen) atoms. The molecule has 0 saturated carbocycles. The molecule has 0 fully saturated rings. The summed E-state index contributed by atoms with van der Waals surface area (Å²) in [7, 11) is -3.77. The number of fused-ring (bicyclic) bond motifs is 1. The van der Waals surface area contributed by atoms with E-state index in [-0.39, 0.29) is 5.91 Å². The molecule has 0 spiro atoms. The molecule has 1 amide bonds. The van der Waals surface area contributed by atoms with Crippen LogP contribution < -0.4 is 9.62 Å². The molecule has 0 radical (unpaired) electrons. The van der Waals surface area contributed by atoms with E-state index in [0.717, 1.165) is 39.9 Å². The lowest BCUT2D eigenvalue weighted by atomic mass is 10.0. The monoisotopic (exact) mass is 440 g/mol. The topological polar surface area (TPSA) is 66.5 Å². The van der Waals surface area contributed by atoms with Gasteiger partial charge in [0.2, 0.25) is 0 Å². The Morgan fingerprint density at radius 2 is 1.73 bits per heavy atom. The van der Waals surface area contributed by atoms with Crippen LogP contribution in [0, 0.1) is 27.7 Å². The van der Waals surface area contributed by atoms with Crippen LogP contribution in [0.1, 0.15) is 37.5 Å². The van der Waals surface area contributed by atoms with E-state index in [9.17, 15) is 13.2 Å². The number of carbonyl (C=O) groups is 1. The fourth-order valence-electron chi connectivity index (χ4n) is 3.98. The number of thiophene rings is 1. The molecule has 5 nitrogen and oxygen atoms in total. The van der Waals surface area contributed by atoms with Gasteiger partial charge >= 0.3 is 0 Å². The van der Waals surface area contributed by atoms with E-state index in [0.29, 0.717) is 22.0 Å². The van der Waals surface area contributed by atoms with E-state index >= 15 is 0 Å². The minimum absolute atomic E-state index is 0.0512. The number of amides is 1. The Labute approximate surface area is 181 Å². The average molecular weight is 441 g/mol. The third-order valence-corrected chi connectivity index (χ3v) is 8.29. The summed E-state index contributed by atoms with van der Waals surface area (Å²) in [6, 6.07) is 11.1. The standard InChI is InChI=1S/C23H24N2O3S2/c1-14-12-15(2)17(4)22(16(14)3)30(27,28)24-19-8-7-18-9-10-25(20(18)13-19)23(26)21-6-5-11-29-21/h5-8,11-13,24H,9-10H2,1-4H3. The van der Waals surface area contributed by atoms with Crippen LogP contribution in [-0.4, -0.2) is 20.9 Å². The molecular formula is C23H24N2O3S2. The highest BCUT2D eigenvalue weighted by Crippen LogP contribution is 2.34. The minimum Gasteiger partial charge on any atom is -0.307 e. The molecule has 2 heterocycles. The van der Waals surface area contributed by atoms with Gasteiger partial charge in [-0.2, -0.15) is 0 Å². The lowest BCUT2D eigenvalue weighted by Crippen LogP contribution is -2.28. The largest absolute Gasteiger partial charge is 0.307 e. The molecule has 1 aliphatic heterocycles. The highest BCUT2D eigenvalue weighted by molar-refractivity contribution is 7.92. The van der Waals surface area contributed by atoms with Gasteiger partial charge in [0.25, 0.3) is 15.9 Å². The zero-order chi connectivity index (χ0) is 21.6. The lowest BCUT2D eigenvalue weighted by Gasteiger charge is -2.19. The van der Waals surface area contributed by atoms with Crippen LogP contribution in [0.15, 0.2) is 46.7 Å². The second-order valence-electron chi connectivity index (χ2n) is 7.72. The van der Waals surface area contributed by atoms with Crippen LogP contribution in [0.25, 0.3) is 0 Å². The van der Waals surface area contributed by atoms with Crippen molar-refractivity contribution in [1.82, 2.24) is 0 Å². The van der Waals surface area contributed by atoms with Gasteiger partial charge in [0, 0.05) is 12.2 Å². The third-order valence-electron chi connectivity index (χ3n) is 5.78. The molecule has 0 unspecified atom stereocenters. The van der Waals surface area contributed by atoms with Crippen molar-refractivity contribution >= 4 is 38.6 Å². The van der Waals surface area contributed by atoms with Crippen molar-refractivity contribution in [1.29, 1.82) is 0 Å². The van der Waals surface area contributed by atoms with E-state index in [1.807, 2.05) is 57.3 Å². The van der Waals surface area contributed by atoms with Gasteiger partial charge in [-0.05, 0) is 85.5 Å². The van der Waals surface area contributed by atoms with E-state index in [1.54, 1.807) is 17.0 Å². The lowest BCUT2D eigenvalue weighted by molar-refractivity contribution is 0.0993. The summed E-state index contributed by atoms with van der Waals surface area (Å²) in [6.45, 7) is 8.10. The summed E-state index contributed by atoms with van der Waals surface area (Å²) in [6.07, 6.45) is 0.759. The number of benzene rings is 2. The van der Waals surface area contributed by atoms with Crippen molar-refractivity contribution in [3.63, 3.8) is 0 Å². The maximum atomic E-state index is 13.3. The van der Waals surface area contributed by atoms with Gasteiger partial charge in [0.05, 0.1) is 15.5 Å². The molecule has 1 aliphatic rings. The molecule has 0 atom stereocenters. The summed E-state index contributed by atoms with van der Waals surface area (Å²) < 4.78 is 29.3. The maximum Gasteiger partial charge on any atom is 0.268 e. The highest BCUT2D eigenvalue weighted by atomic mass is 32.2. The normalized spacial score (nSPS) is 13.4. The first-order valence-electron chi connectivity index (χ1n) is 9.77. The molecule has 4 rings (SSSR count). The van der Waals surface area contributed by atoms with E-state index in [4.69, 9.17) is 0 Å². The zero-order valence-electron chi connectivity index (χ0n) is 17.4. The Morgan fingerprint density at radius 1 is 1.03 bits per heavy atom. The predicted octanol–water partition coefficient (Wildman–Crippen LogP) is 4.99. The minimum atomic E-state index is -3.77. The summed E-state index contributed by atoms with van der Waals surface area (Å²) in [5, 5.41) is 1.88. The Kier molecular flexibility index (Phi) is 5.20. The smallest absolute Gasteiger partial charge is 0.268 e. The average Bonchev–Trinajstić information content (AvgIpc) is 3.35. The number of carbonyl (C=O) groups excluding carboxylic acids is 1. The van der Waals surface area contributed by atoms with Crippen LogP contribution in [0.3, 0.4) is 0 Å². The van der Waals surface area contributed by atoms with Crippen molar-refractivity contribution in [2.24, 2.45) is 0 Å². The van der Waals surface area contributed by atoms with Gasteiger partial charge in [-0.3, -0.25) is 9.52 Å². The van der Waals surface area contributed by atoms with Gasteiger partial charge < -0.3 is 4.90 Å². The highest BCUT2D eigenvalue weighted by Gasteiger charge is 2.28. The van der Waals surface area contributed by atoms with E-state index in [1.165, 1.54) is 11.3 Å². The number of hydrogen-bond donors (Lipinski definition) is 1. The number of anilines is 2. The summed E-state index contributed by atoms with van der Waals surface area (Å²) in [5.41, 5.74) is 5.66. The van der Waals surface area contributed by atoms with Gasteiger partial charge in [0.15, 0.2) is 0 Å². The molecule has 2 aromatic carbocycles. The van der Waals surface area contributed by atoms with Crippen molar-refractivity contribution < 1.29 is 13.2 Å². The Balaban J connectivity index is 1.69. The first-order chi connectivity index (χ1) is 14.2. The number of nitrogens with one attached hydrogen (secondary N) is 1. The SMILES string of the molecule is Cc1cc(C)c(C)c(S(=O)(=O)Nc2ccc3c(c2)N(C(=O)c2cccs2)CC3)c1C. The molecule has 7 heteroatoms. The summed E-state index contributed by atoms with van der Waals surface area (Å²) in [5.74, 6) is -0.0512. The number of hydrogen-bond acceptors (Lipinski definition) is 4. The van der Waals surface area contributed by atoms with Crippen LogP contribution in [0.2, 0.25) is 0 Å². The molecule has 0 saturated heterocycles. The fourth-order valence-corrected chi connectivity index (χ4v) is 6.32. The quantitative estimate of drug-likeness (QED) is 0.622. The van der Waals surface area contributed by atoms with Gasteiger partial charge in [-0.1, -0.05) is 18.2 Å². The first-order valence-corrected chi connectivity index (χ1v) is 12.1. The van der Waals surface area contributed by atoms with Crippen molar-refractivity contribution in [2.75, 3.05) is 16.2 Å². The Hall–Kier alpha value is -2.64. The zero-order valence-corrected chi connectivity index (χ0v) is 19.1. The third kappa shape index (κ3) is 3.52. The van der Waals surface area contributed by atoms with Crippen molar-refractivity contribution in [3.05, 3.63) is 74.5 Å². The number of nitrogens with zero attached hydrogens (tertiary/aromatic N) is 1. The van der Waals surface area contributed by atoms with Gasteiger partial charge in [-0.15, -0.1) is 11.3 Å². The van der Waals surface area contributed by atoms with E-state index < -0.39 is 10.0 Å².